The summed E-state index contributed by atoms with van der Waals surface area (Å²) in [4.78, 5) is 23.7. The van der Waals surface area contributed by atoms with E-state index in [1.165, 1.54) is 48.5 Å². The summed E-state index contributed by atoms with van der Waals surface area (Å²) in [5.74, 6) is -1.71. The molecule has 9 heteroatoms. The molecule has 0 aliphatic rings. The normalized spacial score (nSPS) is 11.3. The molecule has 0 fully saturated rings. The topological polar surface area (TPSA) is 113 Å². The van der Waals surface area contributed by atoms with E-state index in [1.54, 1.807) is 24.3 Å². The van der Waals surface area contributed by atoms with Crippen LogP contribution in [0.4, 0.5) is 11.4 Å². The summed E-state index contributed by atoms with van der Waals surface area (Å²) in [6, 6.07) is 18.6. The van der Waals surface area contributed by atoms with E-state index >= 15 is 0 Å². The van der Waals surface area contributed by atoms with Gasteiger partial charge in [0.05, 0.1) is 22.2 Å². The summed E-state index contributed by atoms with van der Waals surface area (Å²) in [5, 5.41) is 12.8. The first-order valence-electron chi connectivity index (χ1n) is 8.94. The Hall–Kier alpha value is -3.62. The van der Waals surface area contributed by atoms with Crippen LogP contribution in [0.25, 0.3) is 6.08 Å². The van der Waals surface area contributed by atoms with Gasteiger partial charge in [0.15, 0.2) is 0 Å². The molecule has 3 N–H and O–H groups in total. The van der Waals surface area contributed by atoms with Gasteiger partial charge in [0, 0.05) is 10.7 Å². The van der Waals surface area contributed by atoms with E-state index in [9.17, 15) is 18.0 Å². The molecule has 0 saturated carbocycles. The van der Waals surface area contributed by atoms with Crippen molar-refractivity contribution < 1.29 is 23.1 Å². The van der Waals surface area contributed by atoms with Gasteiger partial charge in [-0.1, -0.05) is 41.9 Å². The fourth-order valence-corrected chi connectivity index (χ4v) is 3.67. The van der Waals surface area contributed by atoms with E-state index in [0.29, 0.717) is 11.3 Å². The molecule has 0 unspecified atom stereocenters. The van der Waals surface area contributed by atoms with Gasteiger partial charge in [0.1, 0.15) is 0 Å². The van der Waals surface area contributed by atoms with Gasteiger partial charge >= 0.3 is 5.97 Å². The van der Waals surface area contributed by atoms with E-state index in [-0.39, 0.29) is 21.8 Å². The number of amides is 1. The molecule has 0 aliphatic heterocycles. The minimum atomic E-state index is -3.91. The van der Waals surface area contributed by atoms with Crippen molar-refractivity contribution in [3.8, 4) is 0 Å². The second-order valence-corrected chi connectivity index (χ2v) is 8.39. The maximum absolute atomic E-state index is 12.7. The van der Waals surface area contributed by atoms with Crippen molar-refractivity contribution in [1.82, 2.24) is 0 Å². The van der Waals surface area contributed by atoms with E-state index < -0.39 is 21.9 Å². The summed E-state index contributed by atoms with van der Waals surface area (Å²) in [5.41, 5.74) is 1.16. The van der Waals surface area contributed by atoms with E-state index in [0.717, 1.165) is 5.41 Å². The van der Waals surface area contributed by atoms with Crippen molar-refractivity contribution >= 4 is 51.0 Å². The van der Waals surface area contributed by atoms with Crippen LogP contribution < -0.4 is 10.0 Å². The molecule has 0 aliphatic carbocycles. The average Bonchev–Trinajstić information content (AvgIpc) is 2.74. The second-order valence-electron chi connectivity index (χ2n) is 6.39. The van der Waals surface area contributed by atoms with E-state index in [1.807, 2.05) is 6.07 Å². The first-order valence-corrected chi connectivity index (χ1v) is 10.9. The van der Waals surface area contributed by atoms with Crippen molar-refractivity contribution in [3.05, 3.63) is 99.9 Å². The van der Waals surface area contributed by atoms with Crippen LogP contribution in [0.3, 0.4) is 0 Å². The highest BCUT2D eigenvalue weighted by Crippen LogP contribution is 2.24. The predicted octanol–water partition coefficient (Wildman–Crippen LogP) is 4.70. The average molecular weight is 457 g/mol. The zero-order valence-electron chi connectivity index (χ0n) is 15.9. The molecule has 3 aromatic rings. The zero-order valence-corrected chi connectivity index (χ0v) is 17.5. The molecule has 1 amide bonds. The third-order valence-corrected chi connectivity index (χ3v) is 5.34. The number of carbonyl (C=O) groups is 2. The largest absolute Gasteiger partial charge is 0.478 e. The lowest BCUT2D eigenvalue weighted by Crippen LogP contribution is -2.17. The minimum absolute atomic E-state index is 0.00602. The lowest BCUT2D eigenvalue weighted by Gasteiger charge is -2.12. The SMILES string of the molecule is O=C(O)c1ccc(NC(=O)c2cc(Cl)ccc2NS(=O)(=O)/C=C/c2ccccc2)cc1. The van der Waals surface area contributed by atoms with Crippen LogP contribution in [0.5, 0.6) is 0 Å². The van der Waals surface area contributed by atoms with Gasteiger partial charge < -0.3 is 10.4 Å². The molecule has 7 nitrogen and oxygen atoms in total. The summed E-state index contributed by atoms with van der Waals surface area (Å²) in [7, 11) is -3.91. The van der Waals surface area contributed by atoms with E-state index in [4.69, 9.17) is 16.7 Å². The van der Waals surface area contributed by atoms with Crippen LogP contribution in [0.15, 0.2) is 78.2 Å². The van der Waals surface area contributed by atoms with E-state index in [2.05, 4.69) is 10.0 Å². The predicted molar refractivity (Wildman–Crippen MR) is 121 cm³/mol. The molecule has 3 rings (SSSR count). The number of rotatable bonds is 7. The number of anilines is 2. The summed E-state index contributed by atoms with van der Waals surface area (Å²) >= 11 is 6.00. The fraction of sp³-hybridized carbons (Fsp3) is 0. The summed E-state index contributed by atoms with van der Waals surface area (Å²) in [6.07, 6.45) is 1.43. The van der Waals surface area contributed by atoms with Gasteiger partial charge in [-0.05, 0) is 54.1 Å². The molecule has 0 spiro atoms. The highest BCUT2D eigenvalue weighted by molar-refractivity contribution is 7.95. The lowest BCUT2D eigenvalue weighted by molar-refractivity contribution is 0.0696. The van der Waals surface area contributed by atoms with Gasteiger partial charge in [0.2, 0.25) is 0 Å². The Balaban J connectivity index is 1.82. The Kier molecular flexibility index (Phi) is 6.74. The maximum atomic E-state index is 12.7. The minimum Gasteiger partial charge on any atom is -0.478 e. The number of carboxylic acid groups (broad SMARTS) is 1. The molecule has 0 bridgehead atoms. The van der Waals surface area contributed by atoms with Gasteiger partial charge in [-0.15, -0.1) is 0 Å². The number of sulfonamides is 1. The standard InChI is InChI=1S/C22H17ClN2O5S/c23-17-8-11-20(25-31(29,30)13-12-15-4-2-1-3-5-15)19(14-17)21(26)24-18-9-6-16(7-10-18)22(27)28/h1-14,25H,(H,24,26)(H,27,28)/b13-12+. The Morgan fingerprint density at radius 1 is 0.935 bits per heavy atom. The van der Waals surface area contributed by atoms with Gasteiger partial charge in [-0.3, -0.25) is 9.52 Å². The highest BCUT2D eigenvalue weighted by Gasteiger charge is 2.16. The number of halogens is 1. The number of nitrogens with one attached hydrogen (secondary N) is 2. The summed E-state index contributed by atoms with van der Waals surface area (Å²) < 4.78 is 27.3. The third-order valence-electron chi connectivity index (χ3n) is 4.11. The van der Waals surface area contributed by atoms with Crippen molar-refractivity contribution in [2.45, 2.75) is 0 Å². The number of hydrogen-bond donors (Lipinski definition) is 3. The molecule has 0 atom stereocenters. The maximum Gasteiger partial charge on any atom is 0.335 e. The van der Waals surface area contributed by atoms with Crippen molar-refractivity contribution in [2.75, 3.05) is 10.0 Å². The molecule has 3 aromatic carbocycles. The first-order chi connectivity index (χ1) is 14.7. The van der Waals surface area contributed by atoms with Crippen LogP contribution in [-0.4, -0.2) is 25.4 Å². The number of carboxylic acids is 1. The Morgan fingerprint density at radius 2 is 1.61 bits per heavy atom. The molecule has 0 heterocycles. The van der Waals surface area contributed by atoms with Gasteiger partial charge in [-0.25, -0.2) is 13.2 Å². The zero-order chi connectivity index (χ0) is 22.4. The smallest absolute Gasteiger partial charge is 0.335 e. The summed E-state index contributed by atoms with van der Waals surface area (Å²) in [6.45, 7) is 0. The molecular weight excluding hydrogens is 440 g/mol. The first kappa shape index (κ1) is 22.1. The fourth-order valence-electron chi connectivity index (χ4n) is 2.61. The van der Waals surface area contributed by atoms with Crippen LogP contribution in [0.2, 0.25) is 5.02 Å². The third kappa shape index (κ3) is 6.18. The molecule has 0 aromatic heterocycles. The molecule has 0 radical (unpaired) electrons. The van der Waals surface area contributed by atoms with Crippen LogP contribution in [-0.2, 0) is 10.0 Å². The quantitative estimate of drug-likeness (QED) is 0.477. The number of carbonyl (C=O) groups excluding carboxylic acids is 1. The van der Waals surface area contributed by atoms with Crippen LogP contribution in [0, 0.1) is 0 Å². The van der Waals surface area contributed by atoms with Crippen molar-refractivity contribution in [3.63, 3.8) is 0 Å². The van der Waals surface area contributed by atoms with Crippen LogP contribution in [0.1, 0.15) is 26.3 Å². The van der Waals surface area contributed by atoms with Crippen molar-refractivity contribution in [2.24, 2.45) is 0 Å². The second kappa shape index (κ2) is 9.46. The number of aromatic carboxylic acids is 1. The molecule has 158 valence electrons. The van der Waals surface area contributed by atoms with Crippen LogP contribution >= 0.6 is 11.6 Å². The molecule has 0 saturated heterocycles. The molecule has 31 heavy (non-hydrogen) atoms. The van der Waals surface area contributed by atoms with Gasteiger partial charge in [0.25, 0.3) is 15.9 Å². The molecular formula is C22H17ClN2O5S. The monoisotopic (exact) mass is 456 g/mol. The highest BCUT2D eigenvalue weighted by atomic mass is 35.5. The Morgan fingerprint density at radius 3 is 2.26 bits per heavy atom. The number of benzene rings is 3. The number of hydrogen-bond acceptors (Lipinski definition) is 4. The van der Waals surface area contributed by atoms with Gasteiger partial charge in [-0.2, -0.15) is 0 Å². The Labute approximate surface area is 184 Å². The Bertz CT molecular complexity index is 1240. The lowest BCUT2D eigenvalue weighted by atomic mass is 10.1. The van der Waals surface area contributed by atoms with Crippen molar-refractivity contribution in [1.29, 1.82) is 0 Å².